The van der Waals surface area contributed by atoms with Crippen LogP contribution in [0.15, 0.2) is 0 Å². The zero-order chi connectivity index (χ0) is 8.85. The number of nitrogens with zero attached hydrogens (tertiary/aromatic N) is 1. The standard InChI is InChI=1S/C5H11N3O3/c1-4(5(10)7-6)2-8(11)3-9/h3-4,11H,2,6H2,1H3,(H,7,10). The number of hydrogen-bond donors (Lipinski definition) is 3. The molecule has 1 atom stereocenters. The Balaban J connectivity index is 3.76. The van der Waals surface area contributed by atoms with Crippen LogP contribution < -0.4 is 11.3 Å². The van der Waals surface area contributed by atoms with Crippen molar-refractivity contribution in [3.05, 3.63) is 0 Å². The van der Waals surface area contributed by atoms with Gasteiger partial charge in [-0.05, 0) is 0 Å². The van der Waals surface area contributed by atoms with Crippen LogP contribution in [0.1, 0.15) is 6.92 Å². The maximum atomic E-state index is 10.7. The maximum absolute atomic E-state index is 10.7. The third-order valence-electron chi connectivity index (χ3n) is 1.17. The molecule has 0 saturated heterocycles. The van der Waals surface area contributed by atoms with Crippen molar-refractivity contribution in [3.8, 4) is 0 Å². The molecule has 0 radical (unpaired) electrons. The molecule has 6 nitrogen and oxygen atoms in total. The minimum atomic E-state index is -0.518. The van der Waals surface area contributed by atoms with Gasteiger partial charge in [0.05, 0.1) is 12.5 Å². The van der Waals surface area contributed by atoms with Crippen LogP contribution in [0.4, 0.5) is 0 Å². The number of hydrazine groups is 1. The van der Waals surface area contributed by atoms with E-state index in [9.17, 15) is 9.59 Å². The highest BCUT2D eigenvalue weighted by atomic mass is 16.5. The van der Waals surface area contributed by atoms with E-state index in [-0.39, 0.29) is 13.0 Å². The lowest BCUT2D eigenvalue weighted by atomic mass is 10.2. The molecule has 0 spiro atoms. The molecule has 0 aliphatic rings. The van der Waals surface area contributed by atoms with Gasteiger partial charge in [-0.15, -0.1) is 0 Å². The molecule has 11 heavy (non-hydrogen) atoms. The summed E-state index contributed by atoms with van der Waals surface area (Å²) in [5.74, 6) is 3.86. The van der Waals surface area contributed by atoms with E-state index < -0.39 is 11.8 Å². The molecule has 0 aliphatic heterocycles. The fourth-order valence-electron chi connectivity index (χ4n) is 0.549. The zero-order valence-electron chi connectivity index (χ0n) is 6.15. The first-order chi connectivity index (χ1) is 5.11. The largest absolute Gasteiger partial charge is 0.294 e. The Hall–Kier alpha value is -1.14. The minimum Gasteiger partial charge on any atom is -0.294 e. The van der Waals surface area contributed by atoms with E-state index in [1.54, 1.807) is 0 Å². The van der Waals surface area contributed by atoms with Crippen molar-refractivity contribution >= 4 is 12.3 Å². The number of nitrogens with one attached hydrogen (secondary N) is 1. The number of hydrogen-bond acceptors (Lipinski definition) is 4. The van der Waals surface area contributed by atoms with Crippen LogP contribution in [-0.4, -0.2) is 29.1 Å². The first-order valence-corrected chi connectivity index (χ1v) is 3.03. The molecule has 0 fully saturated rings. The summed E-state index contributed by atoms with van der Waals surface area (Å²) in [5, 5.41) is 9.01. The van der Waals surface area contributed by atoms with Gasteiger partial charge < -0.3 is 0 Å². The number of carbonyl (C=O) groups is 2. The van der Waals surface area contributed by atoms with Crippen LogP contribution in [0.25, 0.3) is 0 Å². The van der Waals surface area contributed by atoms with E-state index in [1.165, 1.54) is 6.92 Å². The maximum Gasteiger partial charge on any atom is 0.238 e. The van der Waals surface area contributed by atoms with E-state index in [1.807, 2.05) is 5.43 Å². The Labute approximate surface area is 63.9 Å². The van der Waals surface area contributed by atoms with Gasteiger partial charge in [0.15, 0.2) is 0 Å². The van der Waals surface area contributed by atoms with Gasteiger partial charge in [0.25, 0.3) is 0 Å². The lowest BCUT2D eigenvalue weighted by Gasteiger charge is -2.13. The summed E-state index contributed by atoms with van der Waals surface area (Å²) in [6, 6.07) is 0. The molecule has 0 heterocycles. The third kappa shape index (κ3) is 3.54. The molecule has 6 heteroatoms. The Morgan fingerprint density at radius 1 is 1.91 bits per heavy atom. The Kier molecular flexibility index (Phi) is 4.16. The molecule has 0 aromatic rings. The van der Waals surface area contributed by atoms with Crippen LogP contribution in [0.3, 0.4) is 0 Å². The van der Waals surface area contributed by atoms with Gasteiger partial charge in [0, 0.05) is 0 Å². The summed E-state index contributed by atoms with van der Waals surface area (Å²) >= 11 is 0. The van der Waals surface area contributed by atoms with Crippen molar-refractivity contribution in [2.45, 2.75) is 6.92 Å². The van der Waals surface area contributed by atoms with Crippen molar-refractivity contribution in [2.24, 2.45) is 11.8 Å². The fourth-order valence-corrected chi connectivity index (χ4v) is 0.549. The number of carbonyl (C=O) groups excluding carboxylic acids is 2. The highest BCUT2D eigenvalue weighted by Crippen LogP contribution is 1.94. The second-order valence-corrected chi connectivity index (χ2v) is 2.14. The summed E-state index contributed by atoms with van der Waals surface area (Å²) in [4.78, 5) is 20.5. The SMILES string of the molecule is CC(CN(O)C=O)C(=O)NN. The molecule has 0 rings (SSSR count). The Morgan fingerprint density at radius 2 is 2.45 bits per heavy atom. The van der Waals surface area contributed by atoms with Crippen molar-refractivity contribution in [1.82, 2.24) is 10.5 Å². The van der Waals surface area contributed by atoms with Gasteiger partial charge >= 0.3 is 0 Å². The molecule has 2 amide bonds. The van der Waals surface area contributed by atoms with Crippen LogP contribution in [-0.2, 0) is 9.59 Å². The first-order valence-electron chi connectivity index (χ1n) is 3.03. The van der Waals surface area contributed by atoms with Crippen molar-refractivity contribution < 1.29 is 14.8 Å². The highest BCUT2D eigenvalue weighted by Gasteiger charge is 2.13. The molecule has 0 bridgehead atoms. The average molecular weight is 161 g/mol. The smallest absolute Gasteiger partial charge is 0.238 e. The van der Waals surface area contributed by atoms with E-state index in [4.69, 9.17) is 11.0 Å². The normalized spacial score (nSPS) is 11.9. The van der Waals surface area contributed by atoms with E-state index in [0.29, 0.717) is 5.06 Å². The van der Waals surface area contributed by atoms with Crippen LogP contribution in [0.5, 0.6) is 0 Å². The van der Waals surface area contributed by atoms with Crippen LogP contribution >= 0.6 is 0 Å². The first kappa shape index (κ1) is 9.86. The minimum absolute atomic E-state index is 0.0630. The summed E-state index contributed by atoms with van der Waals surface area (Å²) in [6.07, 6.45) is 0.223. The Bertz CT molecular complexity index is 150. The van der Waals surface area contributed by atoms with Gasteiger partial charge in [-0.2, -0.15) is 0 Å². The molecule has 64 valence electrons. The molecule has 0 aromatic heterocycles. The van der Waals surface area contributed by atoms with Crippen LogP contribution in [0, 0.1) is 5.92 Å². The second kappa shape index (κ2) is 4.64. The van der Waals surface area contributed by atoms with Crippen molar-refractivity contribution in [3.63, 3.8) is 0 Å². The monoisotopic (exact) mass is 161 g/mol. The predicted octanol–water partition coefficient (Wildman–Crippen LogP) is -1.54. The Morgan fingerprint density at radius 3 is 2.82 bits per heavy atom. The summed E-state index contributed by atoms with van der Waals surface area (Å²) in [7, 11) is 0. The summed E-state index contributed by atoms with van der Waals surface area (Å²) in [5.41, 5.74) is 1.90. The number of rotatable bonds is 4. The van der Waals surface area contributed by atoms with Crippen molar-refractivity contribution in [2.75, 3.05) is 6.54 Å². The molecule has 0 saturated carbocycles. The van der Waals surface area contributed by atoms with Gasteiger partial charge in [-0.1, -0.05) is 6.92 Å². The van der Waals surface area contributed by atoms with Crippen LogP contribution in [0.2, 0.25) is 0 Å². The van der Waals surface area contributed by atoms with Gasteiger partial charge in [-0.25, -0.2) is 10.9 Å². The zero-order valence-corrected chi connectivity index (χ0v) is 6.15. The lowest BCUT2D eigenvalue weighted by Crippen LogP contribution is -2.39. The van der Waals surface area contributed by atoms with Crippen molar-refractivity contribution in [1.29, 1.82) is 0 Å². The van der Waals surface area contributed by atoms with E-state index in [0.717, 1.165) is 0 Å². The number of amides is 2. The molecular weight excluding hydrogens is 150 g/mol. The van der Waals surface area contributed by atoms with Gasteiger partial charge in [0.1, 0.15) is 0 Å². The number of hydroxylamine groups is 2. The summed E-state index contributed by atoms with van der Waals surface area (Å²) < 4.78 is 0. The second-order valence-electron chi connectivity index (χ2n) is 2.14. The van der Waals surface area contributed by atoms with E-state index >= 15 is 0 Å². The average Bonchev–Trinajstić information content (AvgIpc) is 2.02. The molecule has 1 unspecified atom stereocenters. The van der Waals surface area contributed by atoms with Gasteiger partial charge in [0.2, 0.25) is 12.3 Å². The molecule has 4 N–H and O–H groups in total. The fraction of sp³-hybridized carbons (Fsp3) is 0.600. The molecule has 0 aromatic carbocycles. The molecule has 0 aliphatic carbocycles. The van der Waals surface area contributed by atoms with Gasteiger partial charge in [-0.3, -0.25) is 20.2 Å². The molecular formula is C5H11N3O3. The van der Waals surface area contributed by atoms with E-state index in [2.05, 4.69) is 0 Å². The quantitative estimate of drug-likeness (QED) is 0.153. The summed E-state index contributed by atoms with van der Waals surface area (Å²) in [6.45, 7) is 1.47. The topological polar surface area (TPSA) is 95.7 Å². The number of nitrogens with two attached hydrogens (primary N) is 1. The lowest BCUT2D eigenvalue weighted by molar-refractivity contribution is -0.154. The predicted molar refractivity (Wildman–Crippen MR) is 36.1 cm³/mol. The highest BCUT2D eigenvalue weighted by molar-refractivity contribution is 5.77. The third-order valence-corrected chi connectivity index (χ3v) is 1.17.